The molecule has 0 amide bonds. The van der Waals surface area contributed by atoms with Gasteiger partial charge in [0.2, 0.25) is 0 Å². The van der Waals surface area contributed by atoms with Gasteiger partial charge >= 0.3 is 0 Å². The lowest BCUT2D eigenvalue weighted by Gasteiger charge is -2.43. The minimum atomic E-state index is -1.12. The SMILES string of the molecule is CC(C)(C)N([SiH3])[Si](C)(C)C[SiH2]Cl. The molecule has 0 spiro atoms. The molecule has 1 nitrogen and oxygen atoms in total. The molecule has 0 atom stereocenters. The number of rotatable bonds is 3. The van der Waals surface area contributed by atoms with Crippen LogP contribution in [0.25, 0.3) is 0 Å². The summed E-state index contributed by atoms with van der Waals surface area (Å²) in [6, 6.07) is 0. The van der Waals surface area contributed by atoms with Gasteiger partial charge < -0.3 is 4.23 Å². The van der Waals surface area contributed by atoms with E-state index in [1.54, 1.807) is 0 Å². The van der Waals surface area contributed by atoms with Crippen LogP contribution in [0.1, 0.15) is 20.8 Å². The van der Waals surface area contributed by atoms with Gasteiger partial charge in [0.25, 0.3) is 0 Å². The van der Waals surface area contributed by atoms with Crippen molar-refractivity contribution in [3.63, 3.8) is 0 Å². The lowest BCUT2D eigenvalue weighted by Crippen LogP contribution is -2.56. The van der Waals surface area contributed by atoms with Crippen molar-refractivity contribution in [2.45, 2.75) is 45.1 Å². The Labute approximate surface area is 88.0 Å². The van der Waals surface area contributed by atoms with E-state index in [0.717, 1.165) is 0 Å². The second kappa shape index (κ2) is 4.41. The van der Waals surface area contributed by atoms with E-state index in [2.05, 4.69) is 38.1 Å². The lowest BCUT2D eigenvalue weighted by molar-refractivity contribution is 0.368. The van der Waals surface area contributed by atoms with Gasteiger partial charge in [-0.2, -0.15) is 11.1 Å². The molecular weight excluding hydrogens is 218 g/mol. The summed E-state index contributed by atoms with van der Waals surface area (Å²) in [5, 5.41) is 0. The maximum absolute atomic E-state index is 5.94. The highest BCUT2D eigenvalue weighted by atomic mass is 35.6. The maximum Gasteiger partial charge on any atom is 0.124 e. The van der Waals surface area contributed by atoms with Crippen LogP contribution in [0, 0.1) is 0 Å². The molecular formula is C7H22ClNSi3. The van der Waals surface area contributed by atoms with Gasteiger partial charge in [-0.25, -0.2) is 0 Å². The maximum atomic E-state index is 5.94. The third kappa shape index (κ3) is 3.74. The van der Waals surface area contributed by atoms with E-state index in [1.807, 2.05) is 0 Å². The van der Waals surface area contributed by atoms with Crippen LogP contribution >= 0.6 is 11.1 Å². The molecule has 0 N–H and O–H groups in total. The molecule has 0 heterocycles. The molecule has 0 bridgehead atoms. The largest absolute Gasteiger partial charge is 0.349 e. The zero-order valence-electron chi connectivity index (χ0n) is 9.24. The van der Waals surface area contributed by atoms with Crippen LogP contribution in [0.4, 0.5) is 0 Å². The van der Waals surface area contributed by atoms with Crippen molar-refractivity contribution in [1.82, 2.24) is 4.23 Å². The van der Waals surface area contributed by atoms with Crippen molar-refractivity contribution in [2.24, 2.45) is 0 Å². The van der Waals surface area contributed by atoms with E-state index in [1.165, 1.54) is 16.1 Å². The molecule has 0 saturated heterocycles. The minimum Gasteiger partial charge on any atom is -0.349 e. The van der Waals surface area contributed by atoms with Gasteiger partial charge in [0.15, 0.2) is 0 Å². The molecule has 0 aromatic carbocycles. The molecule has 0 aliphatic carbocycles. The van der Waals surface area contributed by atoms with Crippen molar-refractivity contribution >= 4 is 38.5 Å². The molecule has 0 aliphatic heterocycles. The quantitative estimate of drug-likeness (QED) is 0.522. The summed E-state index contributed by atoms with van der Waals surface area (Å²) in [7, 11) is -0.214. The van der Waals surface area contributed by atoms with E-state index in [4.69, 9.17) is 11.1 Å². The molecule has 0 rings (SSSR count). The first-order chi connectivity index (χ1) is 5.22. The Morgan fingerprint density at radius 2 is 1.83 bits per heavy atom. The highest BCUT2D eigenvalue weighted by molar-refractivity contribution is 7.02. The van der Waals surface area contributed by atoms with Gasteiger partial charge in [0.05, 0.1) is 10.4 Å². The summed E-state index contributed by atoms with van der Waals surface area (Å²) in [4.78, 5) is 0. The Morgan fingerprint density at radius 1 is 1.42 bits per heavy atom. The molecule has 5 heteroatoms. The van der Waals surface area contributed by atoms with Crippen LogP contribution in [0.2, 0.25) is 18.8 Å². The second-order valence-corrected chi connectivity index (χ2v) is 14.6. The Morgan fingerprint density at radius 3 is 2.08 bits per heavy atom. The predicted molar refractivity (Wildman–Crippen MR) is 68.2 cm³/mol. The molecule has 74 valence electrons. The third-order valence-corrected chi connectivity index (χ3v) is 17.4. The lowest BCUT2D eigenvalue weighted by atomic mass is 10.1. The zero-order valence-corrected chi connectivity index (χ0v) is 14.4. The van der Waals surface area contributed by atoms with Crippen molar-refractivity contribution in [3.8, 4) is 0 Å². The Bertz CT molecular complexity index is 144. The highest BCUT2D eigenvalue weighted by Crippen LogP contribution is 2.22. The fourth-order valence-corrected chi connectivity index (χ4v) is 12.5. The van der Waals surface area contributed by atoms with Crippen molar-refractivity contribution in [3.05, 3.63) is 0 Å². The predicted octanol–water partition coefficient (Wildman–Crippen LogP) is 0.852. The molecule has 0 aromatic rings. The minimum absolute atomic E-state index is 0.276. The topological polar surface area (TPSA) is 3.24 Å². The van der Waals surface area contributed by atoms with Gasteiger partial charge in [-0.1, -0.05) is 13.1 Å². The summed E-state index contributed by atoms with van der Waals surface area (Å²) in [6.45, 7) is 11.8. The van der Waals surface area contributed by atoms with Crippen molar-refractivity contribution in [2.75, 3.05) is 0 Å². The molecule has 0 unspecified atom stereocenters. The average molecular weight is 240 g/mol. The molecule has 12 heavy (non-hydrogen) atoms. The van der Waals surface area contributed by atoms with Gasteiger partial charge in [-0.15, -0.1) is 0 Å². The Kier molecular flexibility index (Phi) is 4.74. The van der Waals surface area contributed by atoms with Gasteiger partial charge in [0.1, 0.15) is 17.1 Å². The Hall–Kier alpha value is 0.901. The number of halogens is 1. The number of nitrogens with zero attached hydrogens (tertiary/aromatic N) is 1. The van der Waals surface area contributed by atoms with Crippen LogP contribution < -0.4 is 0 Å². The van der Waals surface area contributed by atoms with E-state index in [0.29, 0.717) is 5.54 Å². The van der Waals surface area contributed by atoms with E-state index < -0.39 is 8.24 Å². The fraction of sp³-hybridized carbons (Fsp3) is 1.00. The first-order valence-electron chi connectivity index (χ1n) is 4.52. The first kappa shape index (κ1) is 12.9. The number of hydrogen-bond acceptors (Lipinski definition) is 1. The molecule has 0 aromatic heterocycles. The van der Waals surface area contributed by atoms with Gasteiger partial charge in [-0.3, -0.25) is 0 Å². The van der Waals surface area contributed by atoms with Crippen LogP contribution in [0.3, 0.4) is 0 Å². The summed E-state index contributed by atoms with van der Waals surface area (Å²) >= 11 is 5.94. The van der Waals surface area contributed by atoms with Crippen LogP contribution in [0.5, 0.6) is 0 Å². The zero-order chi connectivity index (χ0) is 9.99. The summed E-state index contributed by atoms with van der Waals surface area (Å²) in [5.74, 6) is 0. The van der Waals surface area contributed by atoms with Crippen molar-refractivity contribution < 1.29 is 0 Å². The highest BCUT2D eigenvalue weighted by Gasteiger charge is 2.32. The fourth-order valence-electron chi connectivity index (χ4n) is 1.31. The Balaban J connectivity index is 4.34. The molecule has 0 fully saturated rings. The normalized spacial score (nSPS) is 15.2. The van der Waals surface area contributed by atoms with Gasteiger partial charge in [-0.05, 0) is 32.0 Å². The van der Waals surface area contributed by atoms with Crippen LogP contribution in [-0.4, -0.2) is 37.2 Å². The molecule has 0 saturated carbocycles. The monoisotopic (exact) mass is 239 g/mol. The summed E-state index contributed by atoms with van der Waals surface area (Å²) < 4.78 is 2.69. The summed E-state index contributed by atoms with van der Waals surface area (Å²) in [6.07, 6.45) is 0. The van der Waals surface area contributed by atoms with Crippen molar-refractivity contribution in [1.29, 1.82) is 0 Å². The van der Waals surface area contributed by atoms with E-state index in [-0.39, 0.29) is 8.83 Å². The third-order valence-electron chi connectivity index (χ3n) is 2.62. The van der Waals surface area contributed by atoms with Crippen LogP contribution in [0.15, 0.2) is 0 Å². The van der Waals surface area contributed by atoms with E-state index >= 15 is 0 Å². The average Bonchev–Trinajstić information content (AvgIpc) is 1.84. The molecule has 0 aliphatic rings. The first-order valence-corrected chi connectivity index (χ1v) is 11.7. The number of hydrogen-bond donors (Lipinski definition) is 0. The molecule has 0 radical (unpaired) electrons. The summed E-state index contributed by atoms with van der Waals surface area (Å²) in [5.41, 5.74) is 1.71. The standard InChI is InChI=1S/C7H22ClNSi3/c1-7(2,3)9(10)12(4,5)6-11-8/h6,11H2,1-5,10H3. The van der Waals surface area contributed by atoms with Gasteiger partial charge in [0, 0.05) is 0 Å². The van der Waals surface area contributed by atoms with Crippen LogP contribution in [-0.2, 0) is 0 Å². The smallest absolute Gasteiger partial charge is 0.124 e. The second-order valence-electron chi connectivity index (χ2n) is 4.98. The van der Waals surface area contributed by atoms with E-state index in [9.17, 15) is 0 Å².